The minimum absolute atomic E-state index is 0.0274. The molecule has 1 aromatic heterocycles. The Balaban J connectivity index is 2.55. The van der Waals surface area contributed by atoms with E-state index in [2.05, 4.69) is 4.98 Å². The number of thiazole rings is 1. The summed E-state index contributed by atoms with van der Waals surface area (Å²) in [7, 11) is 3.24. The number of benzene rings is 1. The van der Waals surface area contributed by atoms with Crippen LogP contribution in [-0.4, -0.2) is 25.0 Å². The van der Waals surface area contributed by atoms with Gasteiger partial charge >= 0.3 is 0 Å². The molecule has 1 aromatic carbocycles. The van der Waals surface area contributed by atoms with Crippen LogP contribution in [-0.2, 0) is 0 Å². The van der Waals surface area contributed by atoms with Crippen LogP contribution in [0.4, 0.5) is 0 Å². The normalized spacial score (nSPS) is 10.3. The molecule has 1 heterocycles. The summed E-state index contributed by atoms with van der Waals surface area (Å²) in [5.41, 5.74) is 2.53. The van der Waals surface area contributed by atoms with E-state index in [1.807, 2.05) is 24.4 Å². The van der Waals surface area contributed by atoms with Crippen molar-refractivity contribution in [3.05, 3.63) is 28.1 Å². The van der Waals surface area contributed by atoms with Crippen molar-refractivity contribution >= 4 is 17.1 Å². The van der Waals surface area contributed by atoms with E-state index in [0.29, 0.717) is 5.01 Å². The van der Waals surface area contributed by atoms with Crippen molar-refractivity contribution in [2.45, 2.75) is 13.8 Å². The SMILES string of the molecule is COc1ccc(-c2csc(C(C)=O)n2)c(OC)c1C. The van der Waals surface area contributed by atoms with Crippen LogP contribution in [0.15, 0.2) is 17.5 Å². The lowest BCUT2D eigenvalue weighted by molar-refractivity contribution is 0.101. The van der Waals surface area contributed by atoms with Crippen molar-refractivity contribution in [3.8, 4) is 22.8 Å². The summed E-state index contributed by atoms with van der Waals surface area (Å²) in [5, 5.41) is 2.37. The Kier molecular flexibility index (Phi) is 3.85. The zero-order chi connectivity index (χ0) is 14.0. The van der Waals surface area contributed by atoms with Crippen LogP contribution >= 0.6 is 11.3 Å². The number of aromatic nitrogens is 1. The van der Waals surface area contributed by atoms with Crippen molar-refractivity contribution in [1.82, 2.24) is 4.98 Å². The number of methoxy groups -OCH3 is 2. The number of carbonyl (C=O) groups is 1. The molecule has 0 saturated carbocycles. The molecule has 0 amide bonds. The maximum Gasteiger partial charge on any atom is 0.188 e. The van der Waals surface area contributed by atoms with Crippen LogP contribution in [0.3, 0.4) is 0 Å². The first-order valence-electron chi connectivity index (χ1n) is 5.77. The Morgan fingerprint density at radius 2 is 2.00 bits per heavy atom. The first-order chi connectivity index (χ1) is 9.08. The van der Waals surface area contributed by atoms with E-state index in [9.17, 15) is 4.79 Å². The summed E-state index contributed by atoms with van der Waals surface area (Å²) in [5.74, 6) is 1.46. The Bertz CT molecular complexity index is 619. The Hall–Kier alpha value is -1.88. The molecule has 0 aliphatic carbocycles. The van der Waals surface area contributed by atoms with Gasteiger partial charge in [0.05, 0.1) is 19.9 Å². The number of ketones is 1. The highest BCUT2D eigenvalue weighted by atomic mass is 32.1. The monoisotopic (exact) mass is 277 g/mol. The molecule has 0 unspecified atom stereocenters. The van der Waals surface area contributed by atoms with E-state index in [0.717, 1.165) is 28.3 Å². The molecule has 0 aliphatic rings. The van der Waals surface area contributed by atoms with E-state index in [1.54, 1.807) is 14.2 Å². The van der Waals surface area contributed by atoms with Gasteiger partial charge in [-0.3, -0.25) is 4.79 Å². The molecule has 4 nitrogen and oxygen atoms in total. The average molecular weight is 277 g/mol. The fourth-order valence-corrected chi connectivity index (χ4v) is 2.64. The van der Waals surface area contributed by atoms with Crippen molar-refractivity contribution < 1.29 is 14.3 Å². The molecule has 2 aromatic rings. The van der Waals surface area contributed by atoms with Crippen molar-refractivity contribution in [2.75, 3.05) is 14.2 Å². The van der Waals surface area contributed by atoms with Crippen molar-refractivity contribution in [1.29, 1.82) is 0 Å². The van der Waals surface area contributed by atoms with Gasteiger partial charge in [-0.05, 0) is 19.1 Å². The van der Waals surface area contributed by atoms with Crippen LogP contribution in [0.1, 0.15) is 22.3 Å². The molecule has 5 heteroatoms. The topological polar surface area (TPSA) is 48.4 Å². The van der Waals surface area contributed by atoms with Gasteiger partial charge in [-0.2, -0.15) is 0 Å². The summed E-state index contributed by atoms with van der Waals surface area (Å²) >= 11 is 1.34. The molecular formula is C14H15NO3S. The Morgan fingerprint density at radius 3 is 2.53 bits per heavy atom. The van der Waals surface area contributed by atoms with Gasteiger partial charge in [0.25, 0.3) is 0 Å². The van der Waals surface area contributed by atoms with Crippen molar-refractivity contribution in [2.24, 2.45) is 0 Å². The lowest BCUT2D eigenvalue weighted by Crippen LogP contribution is -1.96. The smallest absolute Gasteiger partial charge is 0.188 e. The van der Waals surface area contributed by atoms with Crippen molar-refractivity contribution in [3.63, 3.8) is 0 Å². The van der Waals surface area contributed by atoms with Gasteiger partial charge in [-0.25, -0.2) is 4.98 Å². The number of nitrogens with zero attached hydrogens (tertiary/aromatic N) is 1. The number of Topliss-reactive ketones (excluding diaryl/α,β-unsaturated/α-hetero) is 1. The molecule has 19 heavy (non-hydrogen) atoms. The highest BCUT2D eigenvalue weighted by molar-refractivity contribution is 7.12. The Labute approximate surface area is 116 Å². The second kappa shape index (κ2) is 5.40. The molecule has 0 spiro atoms. The molecule has 0 atom stereocenters. The minimum atomic E-state index is -0.0274. The summed E-state index contributed by atoms with van der Waals surface area (Å²) in [6.07, 6.45) is 0. The third-order valence-corrected chi connectivity index (χ3v) is 3.80. The highest BCUT2D eigenvalue weighted by Gasteiger charge is 2.16. The lowest BCUT2D eigenvalue weighted by Gasteiger charge is -2.13. The largest absolute Gasteiger partial charge is 0.496 e. The Morgan fingerprint density at radius 1 is 1.26 bits per heavy atom. The zero-order valence-electron chi connectivity index (χ0n) is 11.3. The number of rotatable bonds is 4. The minimum Gasteiger partial charge on any atom is -0.496 e. The van der Waals surface area contributed by atoms with Gasteiger partial charge in [0.1, 0.15) is 11.5 Å². The molecular weight excluding hydrogens is 262 g/mol. The number of ether oxygens (including phenoxy) is 2. The average Bonchev–Trinajstić information content (AvgIpc) is 2.87. The van der Waals surface area contributed by atoms with Gasteiger partial charge in [0, 0.05) is 23.4 Å². The second-order valence-corrected chi connectivity index (χ2v) is 4.93. The first-order valence-corrected chi connectivity index (χ1v) is 6.64. The van der Waals surface area contributed by atoms with Gasteiger partial charge in [0.2, 0.25) is 0 Å². The van der Waals surface area contributed by atoms with E-state index >= 15 is 0 Å². The van der Waals surface area contributed by atoms with Crippen LogP contribution in [0.25, 0.3) is 11.3 Å². The molecule has 0 bridgehead atoms. The molecule has 0 fully saturated rings. The van der Waals surface area contributed by atoms with Gasteiger partial charge in [-0.15, -0.1) is 11.3 Å². The first kappa shape index (κ1) is 13.5. The summed E-state index contributed by atoms with van der Waals surface area (Å²) < 4.78 is 10.7. The van der Waals surface area contributed by atoms with Gasteiger partial charge in [0.15, 0.2) is 10.8 Å². The van der Waals surface area contributed by atoms with E-state index < -0.39 is 0 Å². The molecule has 0 saturated heterocycles. The van der Waals surface area contributed by atoms with E-state index in [1.165, 1.54) is 18.3 Å². The second-order valence-electron chi connectivity index (χ2n) is 4.07. The number of carbonyl (C=O) groups excluding carboxylic acids is 1. The maximum atomic E-state index is 11.3. The number of hydrogen-bond donors (Lipinski definition) is 0. The van der Waals surface area contributed by atoms with Gasteiger partial charge < -0.3 is 9.47 Å². The highest BCUT2D eigenvalue weighted by Crippen LogP contribution is 2.37. The fraction of sp³-hybridized carbons (Fsp3) is 0.286. The summed E-state index contributed by atoms with van der Waals surface area (Å²) in [6.45, 7) is 3.44. The molecule has 2 rings (SSSR count). The predicted octanol–water partition coefficient (Wildman–Crippen LogP) is 3.34. The predicted molar refractivity (Wildman–Crippen MR) is 75.4 cm³/mol. The van der Waals surface area contributed by atoms with Crippen LogP contribution in [0.5, 0.6) is 11.5 Å². The lowest BCUT2D eigenvalue weighted by atomic mass is 10.1. The quantitative estimate of drug-likeness (QED) is 0.804. The molecule has 0 N–H and O–H groups in total. The molecule has 0 aliphatic heterocycles. The van der Waals surface area contributed by atoms with Crippen LogP contribution in [0, 0.1) is 6.92 Å². The van der Waals surface area contributed by atoms with E-state index in [4.69, 9.17) is 9.47 Å². The molecule has 100 valence electrons. The maximum absolute atomic E-state index is 11.3. The van der Waals surface area contributed by atoms with Gasteiger partial charge in [-0.1, -0.05) is 0 Å². The number of hydrogen-bond acceptors (Lipinski definition) is 5. The van der Waals surface area contributed by atoms with Crippen LogP contribution < -0.4 is 9.47 Å². The fourth-order valence-electron chi connectivity index (χ4n) is 1.92. The van der Waals surface area contributed by atoms with Crippen LogP contribution in [0.2, 0.25) is 0 Å². The summed E-state index contributed by atoms with van der Waals surface area (Å²) in [6, 6.07) is 3.77. The third-order valence-electron chi connectivity index (χ3n) is 2.86. The standard InChI is InChI=1S/C14H15NO3S/c1-8-12(17-3)6-5-10(13(8)18-4)11-7-19-14(15-11)9(2)16/h5-7H,1-4H3. The van der Waals surface area contributed by atoms with E-state index in [-0.39, 0.29) is 5.78 Å². The molecule has 0 radical (unpaired) electrons. The third kappa shape index (κ3) is 2.46. The summed E-state index contributed by atoms with van der Waals surface area (Å²) in [4.78, 5) is 15.6. The zero-order valence-corrected chi connectivity index (χ0v) is 12.1.